The Labute approximate surface area is 369 Å². The number of piperidine rings is 4. The van der Waals surface area contributed by atoms with Gasteiger partial charge in [0.25, 0.3) is 0 Å². The van der Waals surface area contributed by atoms with Gasteiger partial charge in [0.15, 0.2) is 6.54 Å². The average Bonchev–Trinajstić information content (AvgIpc) is 3.71. The van der Waals surface area contributed by atoms with Gasteiger partial charge in [0.2, 0.25) is 0 Å². The maximum absolute atomic E-state index is 3.59. The quantitative estimate of drug-likeness (QED) is 0.220. The molecule has 0 saturated carbocycles. The Morgan fingerprint density at radius 3 is 1.32 bits per heavy atom. The van der Waals surface area contributed by atoms with E-state index in [0.717, 1.165) is 37.6 Å². The van der Waals surface area contributed by atoms with Crippen molar-refractivity contribution in [1.29, 1.82) is 0 Å². The summed E-state index contributed by atoms with van der Waals surface area (Å²) in [5.74, 6) is 0.781. The number of nitrogens with one attached hydrogen (secondary N) is 2. The normalized spacial score (nSPS) is 20.2. The molecule has 5 aliphatic heterocycles. The molecule has 340 valence electrons. The molecule has 0 aliphatic carbocycles. The van der Waals surface area contributed by atoms with Crippen LogP contribution in [-0.4, -0.2) is 97.1 Å². The second kappa shape index (κ2) is 28.5. The molecule has 1 unspecified atom stereocenters. The van der Waals surface area contributed by atoms with E-state index < -0.39 is 0 Å². The summed E-state index contributed by atoms with van der Waals surface area (Å²) in [5, 5.41) is 7.02. The van der Waals surface area contributed by atoms with Gasteiger partial charge in [-0.1, -0.05) is 75.2 Å². The molecule has 5 heteroatoms. The van der Waals surface area contributed by atoms with Gasteiger partial charge in [-0.3, -0.25) is 4.90 Å². The molecule has 0 aromatic carbocycles. The first kappa shape index (κ1) is 55.0. The first-order chi connectivity index (χ1) is 27.5. The standard InChI is InChI=1S/C11H19N.2C11H21N.C11H20N.C10H19N/c1-8(2)10-5-11(9(3)4)7-12-6-10;1-9(2)11-5-7-12(8-6-11)10(3)4;1-8(2)10-5-6-11(9(3)4)12-7-10;1-9(2)11-6-5-7-12(8-11)10(3)4;1-8(2)10-5-6-11(7-10)9(3)4/h12H,5-7H2,1-4H3;10H,5-8H2,1-4H3;9,11-12H,5-7H2,1-4H3;5-8H2,1-4H3;9H,5-7H2,1-4H3/q;;;+1;. The molecule has 0 spiro atoms. The number of nitrogens with zero attached hydrogens (tertiary/aromatic N) is 3. The van der Waals surface area contributed by atoms with Crippen molar-refractivity contribution >= 4 is 5.71 Å². The topological polar surface area (TPSA) is 33.6 Å². The monoisotopic (exact) mass is 819 g/mol. The fourth-order valence-electron chi connectivity index (χ4n) is 8.23. The summed E-state index contributed by atoms with van der Waals surface area (Å²) in [6, 6.07) is 2.18. The van der Waals surface area contributed by atoms with Crippen molar-refractivity contribution in [3.63, 3.8) is 0 Å². The molecule has 0 radical (unpaired) electrons. The highest BCUT2D eigenvalue weighted by Crippen LogP contribution is 2.23. The molecule has 5 fully saturated rings. The van der Waals surface area contributed by atoms with Crippen LogP contribution in [0, 0.1) is 5.92 Å². The van der Waals surface area contributed by atoms with Crippen LogP contribution in [0.15, 0.2) is 66.9 Å². The lowest BCUT2D eigenvalue weighted by molar-refractivity contribution is -0.527. The highest BCUT2D eigenvalue weighted by Gasteiger charge is 2.21. The van der Waals surface area contributed by atoms with Gasteiger partial charge in [0.05, 0.1) is 0 Å². The van der Waals surface area contributed by atoms with Crippen molar-refractivity contribution in [2.75, 3.05) is 58.9 Å². The zero-order valence-corrected chi connectivity index (χ0v) is 43.2. The van der Waals surface area contributed by atoms with Crippen molar-refractivity contribution in [2.24, 2.45) is 5.92 Å². The largest absolute Gasteiger partial charge is 0.310 e. The predicted molar refractivity (Wildman–Crippen MR) is 266 cm³/mol. The fraction of sp³-hybridized carbons (Fsp3) is 0.759. The Bertz CT molecular complexity index is 1330. The first-order valence-corrected chi connectivity index (χ1v) is 23.9. The molecule has 5 rings (SSSR count). The third kappa shape index (κ3) is 21.5. The zero-order chi connectivity index (χ0) is 45.0. The third-order valence-electron chi connectivity index (χ3n) is 13.4. The molecule has 5 saturated heterocycles. The summed E-state index contributed by atoms with van der Waals surface area (Å²) in [7, 11) is 0. The minimum absolute atomic E-state index is 0.715. The van der Waals surface area contributed by atoms with Crippen molar-refractivity contribution in [3.8, 4) is 0 Å². The highest BCUT2D eigenvalue weighted by molar-refractivity contribution is 5.74. The Kier molecular flexibility index (Phi) is 26.6. The molecule has 0 bridgehead atoms. The van der Waals surface area contributed by atoms with E-state index in [9.17, 15) is 0 Å². The number of likely N-dealkylation sites (tertiary alicyclic amines) is 2. The Morgan fingerprint density at radius 2 is 0.966 bits per heavy atom. The molecule has 5 nitrogen and oxygen atoms in total. The van der Waals surface area contributed by atoms with Crippen LogP contribution in [0.1, 0.15) is 190 Å². The Morgan fingerprint density at radius 1 is 0.508 bits per heavy atom. The zero-order valence-electron chi connectivity index (χ0n) is 43.2. The van der Waals surface area contributed by atoms with Crippen LogP contribution in [0.25, 0.3) is 0 Å². The van der Waals surface area contributed by atoms with Crippen LogP contribution in [-0.2, 0) is 0 Å². The van der Waals surface area contributed by atoms with Crippen molar-refractivity contribution in [2.45, 2.75) is 208 Å². The van der Waals surface area contributed by atoms with E-state index in [-0.39, 0.29) is 0 Å². The molecule has 59 heavy (non-hydrogen) atoms. The van der Waals surface area contributed by atoms with Crippen molar-refractivity contribution in [3.05, 3.63) is 66.9 Å². The molecule has 5 aliphatic rings. The third-order valence-corrected chi connectivity index (χ3v) is 13.4. The van der Waals surface area contributed by atoms with Gasteiger partial charge in [0.1, 0.15) is 12.3 Å². The van der Waals surface area contributed by atoms with Crippen molar-refractivity contribution in [1.82, 2.24) is 20.4 Å². The summed E-state index contributed by atoms with van der Waals surface area (Å²) < 4.78 is 2.48. The summed E-state index contributed by atoms with van der Waals surface area (Å²) in [5.41, 5.74) is 20.2. The van der Waals surface area contributed by atoms with E-state index in [1.54, 1.807) is 39.0 Å². The SMILES string of the molecule is CC(C)=C1CCC(C(C)C)NC1.CC(C)=C1CCC[N+](=C(C)C)C1.CC(C)=C1CCN(C(C)C)C1.CC(C)=C1CCN(C(C)C)CC1.CC(C)=C1CNCC(=C(C)C)C1. The van der Waals surface area contributed by atoms with E-state index in [4.69, 9.17) is 0 Å². The summed E-state index contributed by atoms with van der Waals surface area (Å²) >= 11 is 0. The van der Waals surface area contributed by atoms with E-state index in [1.807, 2.05) is 0 Å². The minimum Gasteiger partial charge on any atom is -0.310 e. The van der Waals surface area contributed by atoms with E-state index in [0.29, 0.717) is 6.04 Å². The summed E-state index contributed by atoms with van der Waals surface area (Å²) in [6.07, 6.45) is 10.3. The fourth-order valence-corrected chi connectivity index (χ4v) is 8.23. The number of rotatable bonds is 3. The maximum Gasteiger partial charge on any atom is 0.164 e. The van der Waals surface area contributed by atoms with Gasteiger partial charge in [-0.25, -0.2) is 4.58 Å². The first-order valence-electron chi connectivity index (χ1n) is 23.9. The Hall–Kier alpha value is -2.05. The molecule has 0 aromatic rings. The van der Waals surface area contributed by atoms with E-state index in [2.05, 4.69) is 163 Å². The van der Waals surface area contributed by atoms with Crippen LogP contribution in [0.2, 0.25) is 0 Å². The second-order valence-electron chi connectivity index (χ2n) is 20.6. The molecule has 0 aromatic heterocycles. The maximum atomic E-state index is 3.59. The highest BCUT2D eigenvalue weighted by atomic mass is 15.2. The lowest BCUT2D eigenvalue weighted by Crippen LogP contribution is -2.39. The number of hydrogen-bond acceptors (Lipinski definition) is 4. The Balaban J connectivity index is 0.000000369. The lowest BCUT2D eigenvalue weighted by atomic mass is 9.91. The molecular formula is C54H100N5+. The van der Waals surface area contributed by atoms with Gasteiger partial charge < -0.3 is 15.5 Å². The molecular weight excluding hydrogens is 719 g/mol. The van der Waals surface area contributed by atoms with Gasteiger partial charge in [-0.05, 0) is 167 Å². The van der Waals surface area contributed by atoms with Gasteiger partial charge in [-0.15, -0.1) is 0 Å². The van der Waals surface area contributed by atoms with Gasteiger partial charge in [-0.2, -0.15) is 0 Å². The molecule has 1 atom stereocenters. The summed E-state index contributed by atoms with van der Waals surface area (Å²) in [4.78, 5) is 5.09. The summed E-state index contributed by atoms with van der Waals surface area (Å²) in [6.45, 7) is 55.4. The number of hydrogen-bond donors (Lipinski definition) is 2. The van der Waals surface area contributed by atoms with Crippen LogP contribution in [0.4, 0.5) is 0 Å². The molecule has 0 amide bonds. The van der Waals surface area contributed by atoms with Gasteiger partial charge >= 0.3 is 0 Å². The number of allylic oxidation sites excluding steroid dienone is 6. The predicted octanol–water partition coefficient (Wildman–Crippen LogP) is 13.3. The molecule has 2 N–H and O–H groups in total. The van der Waals surface area contributed by atoms with Crippen LogP contribution in [0.5, 0.6) is 0 Å². The van der Waals surface area contributed by atoms with Gasteiger partial charge in [0, 0.05) is 84.2 Å². The minimum atomic E-state index is 0.715. The van der Waals surface area contributed by atoms with E-state index >= 15 is 0 Å². The lowest BCUT2D eigenvalue weighted by Gasteiger charge is -2.32. The second-order valence-corrected chi connectivity index (χ2v) is 20.6. The van der Waals surface area contributed by atoms with E-state index in [1.165, 1.54) is 124 Å². The van der Waals surface area contributed by atoms with Crippen LogP contribution in [0.3, 0.4) is 0 Å². The van der Waals surface area contributed by atoms with Crippen LogP contribution < -0.4 is 10.6 Å². The smallest absolute Gasteiger partial charge is 0.164 e. The van der Waals surface area contributed by atoms with Crippen LogP contribution >= 0.6 is 0 Å². The molecule has 5 heterocycles. The van der Waals surface area contributed by atoms with Crippen molar-refractivity contribution < 1.29 is 4.58 Å². The average molecular weight is 819 g/mol.